The van der Waals surface area contributed by atoms with Gasteiger partial charge in [0.15, 0.2) is 5.75 Å². The summed E-state index contributed by atoms with van der Waals surface area (Å²) in [7, 11) is 1.41. The summed E-state index contributed by atoms with van der Waals surface area (Å²) in [6.45, 7) is 0. The number of halogens is 1. The lowest BCUT2D eigenvalue weighted by molar-refractivity contribution is 0.102. The minimum absolute atomic E-state index is 0.00698. The van der Waals surface area contributed by atoms with Gasteiger partial charge >= 0.3 is 0 Å². The number of nitrogens with two attached hydrogens (primary N) is 1. The van der Waals surface area contributed by atoms with Crippen molar-refractivity contribution in [1.29, 1.82) is 0 Å². The number of para-hydroxylation sites is 1. The Hall–Kier alpha value is -2.54. The topological polar surface area (TPSA) is 110 Å². The number of nitrogens with one attached hydrogen (secondary N) is 1. The number of methoxy groups -OCH3 is 1. The summed E-state index contributed by atoms with van der Waals surface area (Å²) in [6, 6.07) is 5.84. The lowest BCUT2D eigenvalue weighted by Crippen LogP contribution is -2.15. The van der Waals surface area contributed by atoms with E-state index in [9.17, 15) is 9.90 Å². The summed E-state index contributed by atoms with van der Waals surface area (Å²) in [4.78, 5) is 19.7. The second-order valence-electron chi connectivity index (χ2n) is 3.75. The largest absolute Gasteiger partial charge is 0.505 e. The van der Waals surface area contributed by atoms with Gasteiger partial charge in [-0.2, -0.15) is 4.98 Å². The fourth-order valence-electron chi connectivity index (χ4n) is 1.47. The summed E-state index contributed by atoms with van der Waals surface area (Å²) in [6.07, 6.45) is 0. The average Bonchev–Trinajstić information content (AvgIpc) is 2.41. The van der Waals surface area contributed by atoms with Gasteiger partial charge in [0, 0.05) is 6.07 Å². The molecule has 4 N–H and O–H groups in total. The molecule has 0 fully saturated rings. The summed E-state index contributed by atoms with van der Waals surface area (Å²) in [5, 5.41) is 12.2. The van der Waals surface area contributed by atoms with Crippen LogP contribution in [0.4, 0.5) is 11.6 Å². The third-order valence-electron chi connectivity index (χ3n) is 2.42. The van der Waals surface area contributed by atoms with Crippen LogP contribution < -0.4 is 15.8 Å². The van der Waals surface area contributed by atoms with Gasteiger partial charge in [0.1, 0.15) is 5.15 Å². The third-order valence-corrected chi connectivity index (χ3v) is 2.61. The number of carbonyl (C=O) groups excluding carboxylic acids is 1. The normalized spacial score (nSPS) is 10.1. The van der Waals surface area contributed by atoms with Crippen LogP contribution in [-0.4, -0.2) is 28.1 Å². The number of hydrogen-bond acceptors (Lipinski definition) is 6. The molecule has 20 heavy (non-hydrogen) atoms. The van der Waals surface area contributed by atoms with Crippen LogP contribution in [0, 0.1) is 0 Å². The van der Waals surface area contributed by atoms with E-state index in [1.807, 2.05) is 0 Å². The van der Waals surface area contributed by atoms with E-state index < -0.39 is 5.91 Å². The molecule has 0 aliphatic heterocycles. The van der Waals surface area contributed by atoms with Crippen LogP contribution in [-0.2, 0) is 0 Å². The molecule has 0 unspecified atom stereocenters. The Kier molecular flexibility index (Phi) is 3.90. The van der Waals surface area contributed by atoms with Crippen molar-refractivity contribution in [2.24, 2.45) is 0 Å². The molecule has 1 aromatic heterocycles. The Morgan fingerprint density at radius 2 is 2.20 bits per heavy atom. The Bertz CT molecular complexity index is 663. The molecular formula is C12H11ClN4O3. The van der Waals surface area contributed by atoms with E-state index in [4.69, 9.17) is 22.1 Å². The number of phenols is 1. The first-order chi connectivity index (χ1) is 9.51. The van der Waals surface area contributed by atoms with Gasteiger partial charge in [0.25, 0.3) is 5.91 Å². The first-order valence-electron chi connectivity index (χ1n) is 5.48. The summed E-state index contributed by atoms with van der Waals surface area (Å²) >= 11 is 5.76. The van der Waals surface area contributed by atoms with Crippen LogP contribution in [0.5, 0.6) is 11.6 Å². The minimum atomic E-state index is -0.612. The van der Waals surface area contributed by atoms with Gasteiger partial charge in [-0.25, -0.2) is 4.98 Å². The zero-order valence-corrected chi connectivity index (χ0v) is 11.2. The number of hydrogen-bond donors (Lipinski definition) is 3. The smallest absolute Gasteiger partial charge is 0.261 e. The van der Waals surface area contributed by atoms with E-state index in [0.29, 0.717) is 0 Å². The van der Waals surface area contributed by atoms with Gasteiger partial charge in [-0.05, 0) is 12.1 Å². The molecule has 2 rings (SSSR count). The van der Waals surface area contributed by atoms with Crippen molar-refractivity contribution in [2.45, 2.75) is 0 Å². The number of aromatic hydroxyl groups is 1. The molecule has 2 aromatic rings. The molecule has 0 aliphatic carbocycles. The molecule has 0 atom stereocenters. The van der Waals surface area contributed by atoms with Crippen LogP contribution in [0.3, 0.4) is 0 Å². The van der Waals surface area contributed by atoms with Crippen LogP contribution in [0.25, 0.3) is 0 Å². The Balaban J connectivity index is 2.28. The van der Waals surface area contributed by atoms with Crippen molar-refractivity contribution in [3.8, 4) is 11.6 Å². The zero-order chi connectivity index (χ0) is 14.7. The number of benzene rings is 1. The van der Waals surface area contributed by atoms with E-state index in [-0.39, 0.29) is 34.0 Å². The first kappa shape index (κ1) is 13.9. The van der Waals surface area contributed by atoms with E-state index >= 15 is 0 Å². The number of nitrogens with zero attached hydrogens (tertiary/aromatic N) is 2. The van der Waals surface area contributed by atoms with Crippen LogP contribution in [0.1, 0.15) is 10.4 Å². The number of anilines is 2. The Morgan fingerprint density at radius 1 is 1.45 bits per heavy atom. The fraction of sp³-hybridized carbons (Fsp3) is 0.0833. The zero-order valence-electron chi connectivity index (χ0n) is 10.4. The maximum Gasteiger partial charge on any atom is 0.261 e. The van der Waals surface area contributed by atoms with Crippen molar-refractivity contribution in [3.05, 3.63) is 35.0 Å². The molecule has 7 nitrogen and oxygen atoms in total. The van der Waals surface area contributed by atoms with E-state index in [1.54, 1.807) is 6.07 Å². The fourth-order valence-corrected chi connectivity index (χ4v) is 1.64. The highest BCUT2D eigenvalue weighted by molar-refractivity contribution is 6.29. The van der Waals surface area contributed by atoms with Gasteiger partial charge < -0.3 is 15.6 Å². The SMILES string of the molecule is COc1cc(Cl)nc(NC(=O)c2cccc(N)c2O)n1. The van der Waals surface area contributed by atoms with Gasteiger partial charge in [-0.1, -0.05) is 17.7 Å². The number of aromatic nitrogens is 2. The number of amides is 1. The lowest BCUT2D eigenvalue weighted by Gasteiger charge is -2.08. The second kappa shape index (κ2) is 5.62. The number of phenolic OH excluding ortho intramolecular Hbond substituents is 1. The number of rotatable bonds is 3. The number of nitrogen functional groups attached to an aromatic ring is 1. The predicted octanol–water partition coefficient (Wildman–Crippen LogP) is 1.68. The Morgan fingerprint density at radius 3 is 2.90 bits per heavy atom. The minimum Gasteiger partial charge on any atom is -0.505 e. The number of ether oxygens (including phenoxy) is 1. The maximum atomic E-state index is 12.0. The van der Waals surface area contributed by atoms with Crippen molar-refractivity contribution in [3.63, 3.8) is 0 Å². The molecule has 0 bridgehead atoms. The maximum absolute atomic E-state index is 12.0. The van der Waals surface area contributed by atoms with Gasteiger partial charge in [-0.15, -0.1) is 0 Å². The molecule has 0 aliphatic rings. The van der Waals surface area contributed by atoms with E-state index in [1.165, 1.54) is 25.3 Å². The summed E-state index contributed by atoms with van der Waals surface area (Å²) < 4.78 is 4.91. The molecule has 1 amide bonds. The van der Waals surface area contributed by atoms with Gasteiger partial charge in [0.05, 0.1) is 18.4 Å². The van der Waals surface area contributed by atoms with Crippen molar-refractivity contribution in [2.75, 3.05) is 18.2 Å². The quantitative estimate of drug-likeness (QED) is 0.451. The highest BCUT2D eigenvalue weighted by atomic mass is 35.5. The molecule has 1 heterocycles. The van der Waals surface area contributed by atoms with Crippen LogP contribution in [0.15, 0.2) is 24.3 Å². The highest BCUT2D eigenvalue weighted by Gasteiger charge is 2.15. The molecule has 8 heteroatoms. The van der Waals surface area contributed by atoms with Crippen molar-refractivity contribution >= 4 is 29.1 Å². The Labute approximate surface area is 119 Å². The molecular weight excluding hydrogens is 284 g/mol. The first-order valence-corrected chi connectivity index (χ1v) is 5.86. The van der Waals surface area contributed by atoms with Crippen molar-refractivity contribution < 1.29 is 14.6 Å². The standard InChI is InChI=1S/C12H11ClN4O3/c1-20-9-5-8(13)15-12(16-9)17-11(19)6-3-2-4-7(14)10(6)18/h2-5,18H,14H2,1H3,(H,15,16,17,19). The average molecular weight is 295 g/mol. The molecule has 0 radical (unpaired) electrons. The summed E-state index contributed by atoms with van der Waals surface area (Å²) in [5.74, 6) is -0.753. The monoisotopic (exact) mass is 294 g/mol. The third kappa shape index (κ3) is 2.89. The van der Waals surface area contributed by atoms with Crippen LogP contribution >= 0.6 is 11.6 Å². The van der Waals surface area contributed by atoms with Crippen molar-refractivity contribution in [1.82, 2.24) is 9.97 Å². The van der Waals surface area contributed by atoms with Crippen LogP contribution in [0.2, 0.25) is 5.15 Å². The molecule has 0 spiro atoms. The van der Waals surface area contributed by atoms with Gasteiger partial charge in [-0.3, -0.25) is 10.1 Å². The second-order valence-corrected chi connectivity index (χ2v) is 4.14. The van der Waals surface area contributed by atoms with E-state index in [0.717, 1.165) is 0 Å². The summed E-state index contributed by atoms with van der Waals surface area (Å²) in [5.41, 5.74) is 5.63. The molecule has 0 saturated heterocycles. The molecule has 1 aromatic carbocycles. The van der Waals surface area contributed by atoms with Gasteiger partial charge in [0.2, 0.25) is 11.8 Å². The molecule has 0 saturated carbocycles. The molecule has 104 valence electrons. The lowest BCUT2D eigenvalue weighted by atomic mass is 10.1. The highest BCUT2D eigenvalue weighted by Crippen LogP contribution is 2.25. The predicted molar refractivity (Wildman–Crippen MR) is 74.1 cm³/mol. The van der Waals surface area contributed by atoms with E-state index in [2.05, 4.69) is 15.3 Å². The number of carbonyl (C=O) groups is 1.